The third kappa shape index (κ3) is 4.37. The van der Waals surface area contributed by atoms with Crippen LogP contribution in [0, 0.1) is 17.8 Å². The number of hydrogen-bond donors (Lipinski definition) is 1. The first-order valence-electron chi connectivity index (χ1n) is 4.68. The summed E-state index contributed by atoms with van der Waals surface area (Å²) in [7, 11) is 0. The van der Waals surface area contributed by atoms with Gasteiger partial charge in [-0.05, 0) is 18.3 Å². The zero-order chi connectivity index (χ0) is 9.72. The van der Waals surface area contributed by atoms with Gasteiger partial charge in [0.05, 0.1) is 5.92 Å². The molecule has 12 heavy (non-hydrogen) atoms. The summed E-state index contributed by atoms with van der Waals surface area (Å²) in [5.74, 6) is 0.0911. The summed E-state index contributed by atoms with van der Waals surface area (Å²) in [5, 5.41) is 8.72. The highest BCUT2D eigenvalue weighted by Gasteiger charge is 2.18. The van der Waals surface area contributed by atoms with Crippen LogP contribution in [0.25, 0.3) is 0 Å². The standard InChI is InChI=1S/C10H20O2/c1-7(2)5-6-8(3)9(4)10(11)12/h7-9H,5-6H2,1-4H3,(H,11,12). The maximum atomic E-state index is 10.6. The minimum atomic E-state index is -0.675. The van der Waals surface area contributed by atoms with Gasteiger partial charge in [-0.2, -0.15) is 0 Å². The summed E-state index contributed by atoms with van der Waals surface area (Å²) < 4.78 is 0. The second-order valence-electron chi connectivity index (χ2n) is 4.08. The van der Waals surface area contributed by atoms with Crippen LogP contribution >= 0.6 is 0 Å². The van der Waals surface area contributed by atoms with Gasteiger partial charge in [-0.15, -0.1) is 0 Å². The Morgan fingerprint density at radius 3 is 2.00 bits per heavy atom. The zero-order valence-corrected chi connectivity index (χ0v) is 8.50. The number of aliphatic carboxylic acids is 1. The van der Waals surface area contributed by atoms with Crippen molar-refractivity contribution in [1.29, 1.82) is 0 Å². The van der Waals surface area contributed by atoms with Crippen molar-refractivity contribution >= 4 is 5.97 Å². The van der Waals surface area contributed by atoms with E-state index in [0.717, 1.165) is 12.8 Å². The van der Waals surface area contributed by atoms with Crippen LogP contribution < -0.4 is 0 Å². The van der Waals surface area contributed by atoms with Crippen LogP contribution in [-0.4, -0.2) is 11.1 Å². The monoisotopic (exact) mass is 172 g/mol. The van der Waals surface area contributed by atoms with E-state index in [9.17, 15) is 4.79 Å². The smallest absolute Gasteiger partial charge is 0.306 e. The highest BCUT2D eigenvalue weighted by atomic mass is 16.4. The molecule has 0 aliphatic rings. The number of hydrogen-bond acceptors (Lipinski definition) is 1. The van der Waals surface area contributed by atoms with Crippen LogP contribution in [0.3, 0.4) is 0 Å². The van der Waals surface area contributed by atoms with Crippen LogP contribution in [0.5, 0.6) is 0 Å². The van der Waals surface area contributed by atoms with Crippen LogP contribution in [0.15, 0.2) is 0 Å². The number of carbonyl (C=O) groups is 1. The van der Waals surface area contributed by atoms with Gasteiger partial charge in [-0.3, -0.25) is 4.79 Å². The molecular formula is C10H20O2. The molecule has 0 heterocycles. The number of carboxylic acid groups (broad SMARTS) is 1. The summed E-state index contributed by atoms with van der Waals surface area (Å²) in [6.07, 6.45) is 2.14. The Kier molecular flexibility index (Phi) is 4.95. The van der Waals surface area contributed by atoms with Crippen molar-refractivity contribution in [2.75, 3.05) is 0 Å². The van der Waals surface area contributed by atoms with Gasteiger partial charge >= 0.3 is 5.97 Å². The molecule has 0 rings (SSSR count). The van der Waals surface area contributed by atoms with Gasteiger partial charge in [0.25, 0.3) is 0 Å². The molecule has 2 atom stereocenters. The molecule has 0 fully saturated rings. The Balaban J connectivity index is 3.71. The van der Waals surface area contributed by atoms with Crippen molar-refractivity contribution in [3.05, 3.63) is 0 Å². The van der Waals surface area contributed by atoms with Crippen molar-refractivity contribution in [1.82, 2.24) is 0 Å². The lowest BCUT2D eigenvalue weighted by Crippen LogP contribution is -2.18. The van der Waals surface area contributed by atoms with Gasteiger partial charge in [0.1, 0.15) is 0 Å². The molecule has 0 saturated heterocycles. The molecule has 0 bridgehead atoms. The summed E-state index contributed by atoms with van der Waals surface area (Å²) in [4.78, 5) is 10.6. The second-order valence-corrected chi connectivity index (χ2v) is 4.08. The van der Waals surface area contributed by atoms with E-state index in [0.29, 0.717) is 11.8 Å². The van der Waals surface area contributed by atoms with E-state index in [1.165, 1.54) is 0 Å². The lowest BCUT2D eigenvalue weighted by atomic mass is 9.89. The van der Waals surface area contributed by atoms with Crippen LogP contribution in [0.1, 0.15) is 40.5 Å². The van der Waals surface area contributed by atoms with Gasteiger partial charge < -0.3 is 5.11 Å². The SMILES string of the molecule is CC(C)CCC(C)C(C)C(=O)O. The molecule has 2 heteroatoms. The molecule has 0 spiro atoms. The first-order valence-corrected chi connectivity index (χ1v) is 4.68. The fourth-order valence-electron chi connectivity index (χ4n) is 1.09. The normalized spacial score (nSPS) is 16.1. The van der Waals surface area contributed by atoms with E-state index < -0.39 is 5.97 Å². The van der Waals surface area contributed by atoms with Crippen molar-refractivity contribution in [3.63, 3.8) is 0 Å². The minimum absolute atomic E-state index is 0.205. The van der Waals surface area contributed by atoms with Gasteiger partial charge in [-0.1, -0.05) is 34.1 Å². The summed E-state index contributed by atoms with van der Waals surface area (Å²) in [6, 6.07) is 0. The average molecular weight is 172 g/mol. The Bertz CT molecular complexity index is 141. The first-order chi connectivity index (χ1) is 5.45. The Morgan fingerprint density at radius 2 is 1.67 bits per heavy atom. The molecule has 0 aliphatic carbocycles. The maximum absolute atomic E-state index is 10.6. The van der Waals surface area contributed by atoms with Gasteiger partial charge in [0.2, 0.25) is 0 Å². The van der Waals surface area contributed by atoms with E-state index in [1.807, 2.05) is 6.92 Å². The Labute approximate surface area is 75.0 Å². The van der Waals surface area contributed by atoms with E-state index in [1.54, 1.807) is 6.92 Å². The van der Waals surface area contributed by atoms with Gasteiger partial charge in [0.15, 0.2) is 0 Å². The third-order valence-corrected chi connectivity index (χ3v) is 2.44. The van der Waals surface area contributed by atoms with Crippen LogP contribution in [0.4, 0.5) is 0 Å². The highest BCUT2D eigenvalue weighted by molar-refractivity contribution is 5.69. The number of carboxylic acids is 1. The second kappa shape index (κ2) is 5.18. The molecule has 2 nitrogen and oxygen atoms in total. The van der Waals surface area contributed by atoms with Crippen molar-refractivity contribution < 1.29 is 9.90 Å². The predicted octanol–water partition coefficient (Wildman–Crippen LogP) is 2.78. The predicted molar refractivity (Wildman–Crippen MR) is 50.0 cm³/mol. The van der Waals surface area contributed by atoms with Crippen molar-refractivity contribution in [2.45, 2.75) is 40.5 Å². The fourth-order valence-corrected chi connectivity index (χ4v) is 1.09. The molecule has 0 aliphatic heterocycles. The third-order valence-electron chi connectivity index (χ3n) is 2.44. The lowest BCUT2D eigenvalue weighted by molar-refractivity contribution is -0.142. The molecule has 1 N–H and O–H groups in total. The molecular weight excluding hydrogens is 152 g/mol. The summed E-state index contributed by atoms with van der Waals surface area (Å²) in [6.45, 7) is 8.13. The highest BCUT2D eigenvalue weighted by Crippen LogP contribution is 2.19. The Morgan fingerprint density at radius 1 is 1.17 bits per heavy atom. The summed E-state index contributed by atoms with van der Waals surface area (Å²) in [5.41, 5.74) is 0. The fraction of sp³-hybridized carbons (Fsp3) is 0.900. The molecule has 2 unspecified atom stereocenters. The van der Waals surface area contributed by atoms with Crippen LogP contribution in [-0.2, 0) is 4.79 Å². The molecule has 0 amide bonds. The molecule has 0 aromatic heterocycles. The molecule has 0 aromatic rings. The topological polar surface area (TPSA) is 37.3 Å². The molecule has 72 valence electrons. The van der Waals surface area contributed by atoms with Crippen molar-refractivity contribution in [3.8, 4) is 0 Å². The molecule has 0 saturated carbocycles. The lowest BCUT2D eigenvalue weighted by Gasteiger charge is -2.16. The largest absolute Gasteiger partial charge is 0.481 e. The van der Waals surface area contributed by atoms with E-state index in [-0.39, 0.29) is 5.92 Å². The molecule has 0 radical (unpaired) electrons. The van der Waals surface area contributed by atoms with Gasteiger partial charge in [-0.25, -0.2) is 0 Å². The zero-order valence-electron chi connectivity index (χ0n) is 8.50. The quantitative estimate of drug-likeness (QED) is 0.692. The minimum Gasteiger partial charge on any atom is -0.481 e. The summed E-state index contributed by atoms with van der Waals surface area (Å²) >= 11 is 0. The van der Waals surface area contributed by atoms with E-state index in [2.05, 4.69) is 13.8 Å². The Hall–Kier alpha value is -0.530. The average Bonchev–Trinajstić information content (AvgIpc) is 1.98. The number of rotatable bonds is 5. The molecule has 0 aromatic carbocycles. The maximum Gasteiger partial charge on any atom is 0.306 e. The van der Waals surface area contributed by atoms with Gasteiger partial charge in [0, 0.05) is 0 Å². The van der Waals surface area contributed by atoms with E-state index >= 15 is 0 Å². The van der Waals surface area contributed by atoms with E-state index in [4.69, 9.17) is 5.11 Å². The first kappa shape index (κ1) is 11.5. The van der Waals surface area contributed by atoms with Crippen molar-refractivity contribution in [2.24, 2.45) is 17.8 Å². The van der Waals surface area contributed by atoms with Crippen LogP contribution in [0.2, 0.25) is 0 Å².